The third-order valence-corrected chi connectivity index (χ3v) is 5.05. The molecule has 2 N–H and O–H groups in total. The number of nitrogens with zero attached hydrogens (tertiary/aromatic N) is 2. The standard InChI is InChI=1S/C19H18N2O3Se/c1-3-12-4-6-14(7-5-12)21-18(24)17(20(2)19(21)25)10-13-8-15(22)11-16(23)9-13/h4-11,22-23H,3H2,1-2H3/b17-10+. The van der Waals surface area contributed by atoms with Crippen LogP contribution in [-0.4, -0.2) is 48.3 Å². The van der Waals surface area contributed by atoms with Gasteiger partial charge in [0.15, 0.2) is 0 Å². The van der Waals surface area contributed by atoms with Crippen molar-refractivity contribution < 1.29 is 15.0 Å². The fourth-order valence-corrected chi connectivity index (χ4v) is 3.33. The van der Waals surface area contributed by atoms with Crippen LogP contribution < -0.4 is 4.90 Å². The molecule has 0 radical (unpaired) electrons. The van der Waals surface area contributed by atoms with Gasteiger partial charge < -0.3 is 0 Å². The van der Waals surface area contributed by atoms with Crippen LogP contribution in [0.5, 0.6) is 11.5 Å². The van der Waals surface area contributed by atoms with Crippen molar-refractivity contribution in [2.45, 2.75) is 13.3 Å². The van der Waals surface area contributed by atoms with Crippen LogP contribution in [0.2, 0.25) is 0 Å². The Bertz CT molecular complexity index is 854. The summed E-state index contributed by atoms with van der Waals surface area (Å²) in [5, 5.41) is 19.2. The molecule has 128 valence electrons. The van der Waals surface area contributed by atoms with E-state index in [0.717, 1.165) is 12.1 Å². The van der Waals surface area contributed by atoms with E-state index in [1.807, 2.05) is 24.3 Å². The maximum atomic E-state index is 12.9. The third kappa shape index (κ3) is 3.31. The molecule has 0 saturated carbocycles. The van der Waals surface area contributed by atoms with E-state index in [2.05, 4.69) is 22.5 Å². The summed E-state index contributed by atoms with van der Waals surface area (Å²) in [5.74, 6) is -0.290. The molecule has 1 heterocycles. The second-order valence-electron chi connectivity index (χ2n) is 5.81. The summed E-state index contributed by atoms with van der Waals surface area (Å²) in [4.78, 5) is 16.3. The Hall–Kier alpha value is -2.56. The van der Waals surface area contributed by atoms with Crippen LogP contribution in [0.25, 0.3) is 6.08 Å². The number of rotatable bonds is 3. The van der Waals surface area contributed by atoms with Crippen LogP contribution >= 0.6 is 0 Å². The summed E-state index contributed by atoms with van der Waals surface area (Å²) in [6.45, 7) is 2.08. The van der Waals surface area contributed by atoms with Crippen LogP contribution in [-0.2, 0) is 11.2 Å². The molecule has 0 aliphatic carbocycles. The fourth-order valence-electron chi connectivity index (χ4n) is 2.72. The van der Waals surface area contributed by atoms with E-state index >= 15 is 0 Å². The Balaban J connectivity index is 1.98. The van der Waals surface area contributed by atoms with Gasteiger partial charge in [0.2, 0.25) is 0 Å². The van der Waals surface area contributed by atoms with Gasteiger partial charge >= 0.3 is 154 Å². The number of phenolic OH excluding ortho intramolecular Hbond substituents is 2. The number of anilines is 1. The molecule has 5 nitrogen and oxygen atoms in total. The molecule has 1 aliphatic heterocycles. The first-order valence-electron chi connectivity index (χ1n) is 7.86. The Kier molecular flexibility index (Phi) is 4.66. The van der Waals surface area contributed by atoms with Crippen molar-refractivity contribution in [3.05, 3.63) is 59.3 Å². The van der Waals surface area contributed by atoms with Crippen molar-refractivity contribution in [3.8, 4) is 11.5 Å². The Morgan fingerprint density at radius 1 is 1.08 bits per heavy atom. The number of likely N-dealkylation sites (N-methyl/N-ethyl adjacent to an activating group) is 1. The first kappa shape index (κ1) is 17.3. The second-order valence-corrected chi connectivity index (χ2v) is 6.58. The number of amides is 1. The van der Waals surface area contributed by atoms with Gasteiger partial charge in [0, 0.05) is 0 Å². The van der Waals surface area contributed by atoms with Gasteiger partial charge in [-0.15, -0.1) is 0 Å². The van der Waals surface area contributed by atoms with Gasteiger partial charge in [-0.1, -0.05) is 0 Å². The van der Waals surface area contributed by atoms with Gasteiger partial charge in [-0.25, -0.2) is 0 Å². The molecule has 2 aromatic rings. The molecule has 2 aromatic carbocycles. The summed E-state index contributed by atoms with van der Waals surface area (Å²) < 4.78 is 0.671. The van der Waals surface area contributed by atoms with Crippen molar-refractivity contribution in [1.29, 1.82) is 0 Å². The Morgan fingerprint density at radius 2 is 1.68 bits per heavy atom. The first-order chi connectivity index (χ1) is 11.9. The van der Waals surface area contributed by atoms with Gasteiger partial charge in [0.05, 0.1) is 0 Å². The quantitative estimate of drug-likeness (QED) is 0.612. The van der Waals surface area contributed by atoms with Crippen molar-refractivity contribution in [2.24, 2.45) is 0 Å². The zero-order valence-electron chi connectivity index (χ0n) is 13.9. The summed E-state index contributed by atoms with van der Waals surface area (Å²) >= 11 is 2.94. The average Bonchev–Trinajstić information content (AvgIpc) is 2.78. The van der Waals surface area contributed by atoms with Crippen molar-refractivity contribution in [2.75, 3.05) is 11.9 Å². The van der Waals surface area contributed by atoms with Gasteiger partial charge in [-0.2, -0.15) is 0 Å². The molecule has 6 heteroatoms. The first-order valence-corrected chi connectivity index (χ1v) is 8.72. The number of aryl methyl sites for hydroxylation is 1. The Morgan fingerprint density at radius 3 is 2.24 bits per heavy atom. The number of hydrogen-bond donors (Lipinski definition) is 2. The van der Waals surface area contributed by atoms with Gasteiger partial charge in [-0.3, -0.25) is 0 Å². The van der Waals surface area contributed by atoms with E-state index in [-0.39, 0.29) is 17.4 Å². The summed E-state index contributed by atoms with van der Waals surface area (Å²) in [7, 11) is 1.79. The number of aromatic hydroxyl groups is 2. The van der Waals surface area contributed by atoms with Crippen LogP contribution in [0.15, 0.2) is 48.2 Å². The Labute approximate surface area is 154 Å². The molecular formula is C19H18N2O3Se. The molecule has 0 spiro atoms. The van der Waals surface area contributed by atoms with Crippen LogP contribution in [0.4, 0.5) is 5.69 Å². The molecule has 1 amide bonds. The van der Waals surface area contributed by atoms with E-state index in [1.54, 1.807) is 22.9 Å². The summed E-state index contributed by atoms with van der Waals surface area (Å²) in [6.07, 6.45) is 2.58. The predicted octanol–water partition coefficient (Wildman–Crippen LogP) is 2.24. The molecule has 1 aliphatic rings. The van der Waals surface area contributed by atoms with Crippen molar-refractivity contribution in [3.63, 3.8) is 0 Å². The van der Waals surface area contributed by atoms with E-state index < -0.39 is 0 Å². The molecule has 25 heavy (non-hydrogen) atoms. The molecule has 3 rings (SSSR count). The molecular weight excluding hydrogens is 383 g/mol. The van der Waals surface area contributed by atoms with E-state index in [1.165, 1.54) is 23.8 Å². The molecule has 0 atom stereocenters. The summed E-state index contributed by atoms with van der Waals surface area (Å²) in [5.41, 5.74) is 2.98. The van der Waals surface area contributed by atoms with Crippen LogP contribution in [0, 0.1) is 0 Å². The van der Waals surface area contributed by atoms with E-state index in [9.17, 15) is 15.0 Å². The van der Waals surface area contributed by atoms with Crippen molar-refractivity contribution in [1.82, 2.24) is 4.90 Å². The monoisotopic (exact) mass is 402 g/mol. The maximum absolute atomic E-state index is 12.9. The predicted molar refractivity (Wildman–Crippen MR) is 99.6 cm³/mol. The zero-order chi connectivity index (χ0) is 18.1. The van der Waals surface area contributed by atoms with Gasteiger partial charge in [-0.05, 0) is 0 Å². The fraction of sp³-hybridized carbons (Fsp3) is 0.158. The zero-order valence-corrected chi connectivity index (χ0v) is 15.6. The SMILES string of the molecule is CCc1ccc(N2C(=O)/C(=C\c3cc(O)cc(O)c3)N(C)C2=[Se])cc1. The second kappa shape index (κ2) is 6.75. The average molecular weight is 401 g/mol. The number of carbonyl (C=O) groups is 1. The number of carbonyl (C=O) groups excluding carboxylic acids is 1. The van der Waals surface area contributed by atoms with Crippen LogP contribution in [0.1, 0.15) is 18.1 Å². The number of benzene rings is 2. The number of phenols is 2. The minimum atomic E-state index is -0.177. The summed E-state index contributed by atoms with van der Waals surface area (Å²) in [6, 6.07) is 12.1. The molecule has 1 saturated heterocycles. The molecule has 0 bridgehead atoms. The minimum absolute atomic E-state index is 0.0563. The van der Waals surface area contributed by atoms with Crippen LogP contribution in [0.3, 0.4) is 0 Å². The van der Waals surface area contributed by atoms with E-state index in [0.29, 0.717) is 15.9 Å². The topological polar surface area (TPSA) is 64.0 Å². The van der Waals surface area contributed by atoms with Crippen molar-refractivity contribution >= 4 is 37.9 Å². The molecule has 0 aromatic heterocycles. The van der Waals surface area contributed by atoms with Gasteiger partial charge in [0.25, 0.3) is 0 Å². The normalized spacial score (nSPS) is 16.2. The van der Waals surface area contributed by atoms with Gasteiger partial charge in [0.1, 0.15) is 0 Å². The van der Waals surface area contributed by atoms with E-state index in [4.69, 9.17) is 0 Å². The number of hydrogen-bond acceptors (Lipinski definition) is 4. The molecule has 1 fully saturated rings. The third-order valence-electron chi connectivity index (χ3n) is 4.09. The molecule has 0 unspecified atom stereocenters.